The van der Waals surface area contributed by atoms with E-state index >= 15 is 0 Å². The summed E-state index contributed by atoms with van der Waals surface area (Å²) in [4.78, 5) is 0. The average molecular weight is 240 g/mol. The standard InChI is InChI=1S/C15H28O2/c1-3-5-7-9-10-12-14-17-15-16-13-11-8-6-4-2/h2H,3,5-15H2,1H3. The van der Waals surface area contributed by atoms with Crippen LogP contribution >= 0.6 is 0 Å². The molecule has 0 unspecified atom stereocenters. The summed E-state index contributed by atoms with van der Waals surface area (Å²) in [6.07, 6.45) is 15.9. The van der Waals surface area contributed by atoms with Crippen LogP contribution in [0.4, 0.5) is 0 Å². The molecule has 2 heteroatoms. The van der Waals surface area contributed by atoms with Crippen LogP contribution in [0.1, 0.15) is 64.7 Å². The summed E-state index contributed by atoms with van der Waals surface area (Å²) in [6.45, 7) is 4.27. The number of hydrogen-bond acceptors (Lipinski definition) is 2. The van der Waals surface area contributed by atoms with Gasteiger partial charge in [0.15, 0.2) is 0 Å². The quantitative estimate of drug-likeness (QED) is 0.274. The lowest BCUT2D eigenvalue weighted by Gasteiger charge is -2.05. The first kappa shape index (κ1) is 16.5. The average Bonchev–Trinajstić information content (AvgIpc) is 2.35. The molecule has 0 aliphatic heterocycles. The zero-order chi connectivity index (χ0) is 12.6. The van der Waals surface area contributed by atoms with Crippen LogP contribution in [-0.4, -0.2) is 20.0 Å². The Bertz CT molecular complexity index is 172. The molecule has 0 amide bonds. The molecule has 0 bridgehead atoms. The van der Waals surface area contributed by atoms with Gasteiger partial charge in [-0.2, -0.15) is 0 Å². The molecule has 0 aromatic heterocycles. The minimum absolute atomic E-state index is 0.436. The van der Waals surface area contributed by atoms with Crippen molar-refractivity contribution in [3.05, 3.63) is 0 Å². The molecule has 0 rings (SSSR count). The highest BCUT2D eigenvalue weighted by Gasteiger charge is 1.92. The van der Waals surface area contributed by atoms with Crippen molar-refractivity contribution < 1.29 is 9.47 Å². The zero-order valence-corrected chi connectivity index (χ0v) is 11.4. The van der Waals surface area contributed by atoms with E-state index in [1.807, 2.05) is 0 Å². The Morgan fingerprint density at radius 1 is 0.824 bits per heavy atom. The van der Waals surface area contributed by atoms with E-state index in [1.165, 1.54) is 32.1 Å². The van der Waals surface area contributed by atoms with Gasteiger partial charge < -0.3 is 9.47 Å². The second-order valence-corrected chi connectivity index (χ2v) is 4.36. The molecule has 0 aromatic carbocycles. The lowest BCUT2D eigenvalue weighted by Crippen LogP contribution is -2.02. The minimum Gasteiger partial charge on any atom is -0.355 e. The van der Waals surface area contributed by atoms with E-state index in [4.69, 9.17) is 15.9 Å². The van der Waals surface area contributed by atoms with Gasteiger partial charge in [-0.1, -0.05) is 39.0 Å². The van der Waals surface area contributed by atoms with Crippen LogP contribution in [0.2, 0.25) is 0 Å². The topological polar surface area (TPSA) is 18.5 Å². The number of ether oxygens (including phenoxy) is 2. The summed E-state index contributed by atoms with van der Waals surface area (Å²) < 4.78 is 10.7. The van der Waals surface area contributed by atoms with Crippen LogP contribution in [0.5, 0.6) is 0 Å². The monoisotopic (exact) mass is 240 g/mol. The highest BCUT2D eigenvalue weighted by molar-refractivity contribution is 4.82. The smallest absolute Gasteiger partial charge is 0.146 e. The lowest BCUT2D eigenvalue weighted by molar-refractivity contribution is -0.0554. The molecule has 0 radical (unpaired) electrons. The van der Waals surface area contributed by atoms with Gasteiger partial charge in [0.2, 0.25) is 0 Å². The second kappa shape index (κ2) is 15.5. The molecule has 0 atom stereocenters. The third kappa shape index (κ3) is 15.5. The molecule has 0 aliphatic rings. The number of rotatable bonds is 13. The van der Waals surface area contributed by atoms with E-state index in [9.17, 15) is 0 Å². The Balaban J connectivity index is 2.87. The molecular weight excluding hydrogens is 212 g/mol. The Morgan fingerprint density at radius 3 is 2.06 bits per heavy atom. The van der Waals surface area contributed by atoms with E-state index in [-0.39, 0.29) is 0 Å². The van der Waals surface area contributed by atoms with Crippen molar-refractivity contribution in [3.8, 4) is 12.3 Å². The third-order valence-electron chi connectivity index (χ3n) is 2.67. The molecule has 17 heavy (non-hydrogen) atoms. The summed E-state index contributed by atoms with van der Waals surface area (Å²) in [5, 5.41) is 0. The first-order chi connectivity index (χ1) is 8.41. The van der Waals surface area contributed by atoms with Crippen LogP contribution in [0.25, 0.3) is 0 Å². The fraction of sp³-hybridized carbons (Fsp3) is 0.867. The summed E-state index contributed by atoms with van der Waals surface area (Å²) in [5.74, 6) is 2.62. The highest BCUT2D eigenvalue weighted by atomic mass is 16.7. The maximum Gasteiger partial charge on any atom is 0.146 e. The molecular formula is C15H28O2. The van der Waals surface area contributed by atoms with Crippen molar-refractivity contribution >= 4 is 0 Å². The highest BCUT2D eigenvalue weighted by Crippen LogP contribution is 2.04. The molecule has 0 spiro atoms. The van der Waals surface area contributed by atoms with Crippen molar-refractivity contribution in [1.82, 2.24) is 0 Å². The molecule has 0 saturated heterocycles. The lowest BCUT2D eigenvalue weighted by atomic mass is 10.1. The predicted octanol–water partition coefficient (Wildman–Crippen LogP) is 4.14. The third-order valence-corrected chi connectivity index (χ3v) is 2.67. The molecule has 0 aromatic rings. The Hall–Kier alpha value is -0.520. The van der Waals surface area contributed by atoms with Gasteiger partial charge in [0, 0.05) is 19.6 Å². The number of hydrogen-bond donors (Lipinski definition) is 0. The Morgan fingerprint density at radius 2 is 1.41 bits per heavy atom. The van der Waals surface area contributed by atoms with E-state index in [2.05, 4.69) is 12.8 Å². The van der Waals surface area contributed by atoms with Crippen LogP contribution in [0.3, 0.4) is 0 Å². The number of terminal acetylenes is 1. The molecule has 0 heterocycles. The normalized spacial score (nSPS) is 10.4. The zero-order valence-electron chi connectivity index (χ0n) is 11.4. The minimum atomic E-state index is 0.436. The Kier molecular flexibility index (Phi) is 15.0. The molecule has 0 saturated carbocycles. The summed E-state index contributed by atoms with van der Waals surface area (Å²) >= 11 is 0. The summed E-state index contributed by atoms with van der Waals surface area (Å²) in [7, 11) is 0. The predicted molar refractivity (Wildman–Crippen MR) is 72.8 cm³/mol. The van der Waals surface area contributed by atoms with Crippen molar-refractivity contribution in [2.24, 2.45) is 0 Å². The molecule has 100 valence electrons. The molecule has 0 N–H and O–H groups in total. The van der Waals surface area contributed by atoms with Gasteiger partial charge in [0.1, 0.15) is 6.79 Å². The molecule has 2 nitrogen and oxygen atoms in total. The first-order valence-electron chi connectivity index (χ1n) is 7.00. The van der Waals surface area contributed by atoms with Gasteiger partial charge in [-0.3, -0.25) is 0 Å². The maximum absolute atomic E-state index is 5.38. The summed E-state index contributed by atoms with van der Waals surface area (Å²) in [6, 6.07) is 0. The second-order valence-electron chi connectivity index (χ2n) is 4.36. The van der Waals surface area contributed by atoms with E-state index in [0.29, 0.717) is 6.79 Å². The van der Waals surface area contributed by atoms with Crippen molar-refractivity contribution in [3.63, 3.8) is 0 Å². The fourth-order valence-electron chi connectivity index (χ4n) is 1.59. The van der Waals surface area contributed by atoms with E-state index in [0.717, 1.165) is 38.9 Å². The number of unbranched alkanes of at least 4 members (excludes halogenated alkanes) is 7. The van der Waals surface area contributed by atoms with Crippen molar-refractivity contribution in [2.45, 2.75) is 64.7 Å². The first-order valence-corrected chi connectivity index (χ1v) is 7.00. The largest absolute Gasteiger partial charge is 0.355 e. The Labute approximate surface area is 107 Å². The van der Waals surface area contributed by atoms with Gasteiger partial charge in [0.25, 0.3) is 0 Å². The SMILES string of the molecule is C#CCCCCOCOCCCCCCCC. The van der Waals surface area contributed by atoms with Gasteiger partial charge in [-0.25, -0.2) is 0 Å². The van der Waals surface area contributed by atoms with E-state index in [1.54, 1.807) is 0 Å². The molecule has 0 aliphatic carbocycles. The maximum atomic E-state index is 5.38. The van der Waals surface area contributed by atoms with Gasteiger partial charge in [-0.05, 0) is 19.3 Å². The van der Waals surface area contributed by atoms with Gasteiger partial charge in [-0.15, -0.1) is 12.3 Å². The van der Waals surface area contributed by atoms with Crippen LogP contribution in [-0.2, 0) is 9.47 Å². The van der Waals surface area contributed by atoms with Crippen LogP contribution < -0.4 is 0 Å². The van der Waals surface area contributed by atoms with E-state index < -0.39 is 0 Å². The fourth-order valence-corrected chi connectivity index (χ4v) is 1.59. The van der Waals surface area contributed by atoms with Gasteiger partial charge >= 0.3 is 0 Å². The van der Waals surface area contributed by atoms with Crippen molar-refractivity contribution in [2.75, 3.05) is 20.0 Å². The van der Waals surface area contributed by atoms with Crippen LogP contribution in [0.15, 0.2) is 0 Å². The van der Waals surface area contributed by atoms with Crippen molar-refractivity contribution in [1.29, 1.82) is 0 Å². The van der Waals surface area contributed by atoms with Gasteiger partial charge in [0.05, 0.1) is 0 Å². The molecule has 0 fully saturated rings. The van der Waals surface area contributed by atoms with Crippen LogP contribution in [0, 0.1) is 12.3 Å². The summed E-state index contributed by atoms with van der Waals surface area (Å²) in [5.41, 5.74) is 0.